The molecule has 55 heavy (non-hydrogen) atoms. The van der Waals surface area contributed by atoms with Crippen molar-refractivity contribution in [2.24, 2.45) is 0 Å². The topological polar surface area (TPSA) is 151 Å². The van der Waals surface area contributed by atoms with Crippen LogP contribution in [0.2, 0.25) is 0 Å². The molecule has 15 heteroatoms. The van der Waals surface area contributed by atoms with Crippen LogP contribution in [0.1, 0.15) is 97.9 Å². The third-order valence-electron chi connectivity index (χ3n) is 8.79. The molecule has 0 bridgehead atoms. The predicted molar refractivity (Wildman–Crippen MR) is 207 cm³/mol. The molecule has 4 aromatic rings. The Morgan fingerprint density at radius 1 is 0.818 bits per heavy atom. The first-order valence-electron chi connectivity index (χ1n) is 17.5. The van der Waals surface area contributed by atoms with Gasteiger partial charge in [-0.2, -0.15) is 0 Å². The summed E-state index contributed by atoms with van der Waals surface area (Å²) in [6.45, 7) is 14.6. The highest BCUT2D eigenvalue weighted by Crippen LogP contribution is 2.50. The molecule has 0 aliphatic carbocycles. The number of rotatable bonds is 15. The molecule has 0 amide bonds. The quantitative estimate of drug-likeness (QED) is 0.0488. The average Bonchev–Trinajstić information content (AvgIpc) is 3.14. The molecule has 13 nitrogen and oxygen atoms in total. The summed E-state index contributed by atoms with van der Waals surface area (Å²) < 4.78 is 46.1. The maximum Gasteiger partial charge on any atom is 0.534 e. The number of fused-ring (bicyclic) bond motifs is 1. The molecule has 0 saturated heterocycles. The number of methoxy groups -OCH3 is 1. The van der Waals surface area contributed by atoms with Crippen molar-refractivity contribution in [3.63, 3.8) is 0 Å². The molecule has 1 aliphatic heterocycles. The normalized spacial score (nSPS) is 15.7. The Bertz CT molecular complexity index is 2010. The Morgan fingerprint density at radius 2 is 1.45 bits per heavy atom. The number of carbonyl (C=O) groups is 3. The zero-order chi connectivity index (χ0) is 40.0. The van der Waals surface area contributed by atoms with Crippen molar-refractivity contribution in [2.45, 2.75) is 71.1 Å². The molecule has 292 valence electrons. The average molecular weight is 793 g/mol. The highest BCUT2D eigenvalue weighted by Gasteiger charge is 2.38. The Hall–Kier alpha value is -4.67. The van der Waals surface area contributed by atoms with Crippen LogP contribution in [0.15, 0.2) is 73.1 Å². The van der Waals surface area contributed by atoms with Crippen molar-refractivity contribution < 1.29 is 51.0 Å². The van der Waals surface area contributed by atoms with E-state index in [4.69, 9.17) is 36.6 Å². The van der Waals surface area contributed by atoms with E-state index in [1.54, 1.807) is 37.4 Å². The molecule has 2 aromatic carbocycles. The largest absolute Gasteiger partial charge is 0.534 e. The number of esters is 1. The molecule has 3 heterocycles. The Labute approximate surface area is 324 Å². The SMILES string of the molecule is COCCOC(=O)CC(C)(c1ccc(OP(OC)Oc2ncccc2C=O)c(C(C)(C)C)c1)c1ccc(OP2OC(=O)c3cccnc3O2)c(C(C)(C)C)c1. The number of benzene rings is 2. The van der Waals surface area contributed by atoms with E-state index in [-0.39, 0.29) is 42.5 Å². The van der Waals surface area contributed by atoms with Crippen LogP contribution < -0.4 is 18.1 Å². The van der Waals surface area contributed by atoms with Crippen LogP contribution in [0.25, 0.3) is 0 Å². The van der Waals surface area contributed by atoms with E-state index in [2.05, 4.69) is 9.97 Å². The summed E-state index contributed by atoms with van der Waals surface area (Å²) in [5.41, 5.74) is 1.88. The minimum Gasteiger partial charge on any atom is -0.463 e. The van der Waals surface area contributed by atoms with Gasteiger partial charge in [0.15, 0.2) is 6.29 Å². The van der Waals surface area contributed by atoms with Gasteiger partial charge in [-0.1, -0.05) is 72.7 Å². The van der Waals surface area contributed by atoms with Crippen molar-refractivity contribution >= 4 is 35.4 Å². The van der Waals surface area contributed by atoms with Gasteiger partial charge in [-0.3, -0.25) is 14.1 Å². The fourth-order valence-electron chi connectivity index (χ4n) is 5.78. The van der Waals surface area contributed by atoms with Crippen molar-refractivity contribution in [2.75, 3.05) is 27.4 Å². The first-order chi connectivity index (χ1) is 26.1. The van der Waals surface area contributed by atoms with Crippen LogP contribution in [-0.2, 0) is 39.6 Å². The van der Waals surface area contributed by atoms with Gasteiger partial charge in [0.25, 0.3) is 0 Å². The minimum absolute atomic E-state index is 0.0117. The summed E-state index contributed by atoms with van der Waals surface area (Å²) in [7, 11) is -1.16. The first-order valence-corrected chi connectivity index (χ1v) is 19.6. The summed E-state index contributed by atoms with van der Waals surface area (Å²) in [6.07, 6.45) is 3.69. The minimum atomic E-state index is -2.14. The van der Waals surface area contributed by atoms with Crippen LogP contribution in [0, 0.1) is 0 Å². The Balaban J connectivity index is 1.55. The Kier molecular flexibility index (Phi) is 13.1. The van der Waals surface area contributed by atoms with Gasteiger partial charge in [-0.15, -0.1) is 0 Å². The van der Waals surface area contributed by atoms with Crippen molar-refractivity contribution in [3.8, 4) is 23.3 Å². The zero-order valence-corrected chi connectivity index (χ0v) is 34.2. The lowest BCUT2D eigenvalue weighted by Crippen LogP contribution is -2.30. The molecular formula is C40H46N2O11P2. The number of ether oxygens (including phenoxy) is 2. The molecule has 0 fully saturated rings. The van der Waals surface area contributed by atoms with Gasteiger partial charge in [0.05, 0.1) is 18.6 Å². The second kappa shape index (κ2) is 17.4. The number of hydrogen-bond acceptors (Lipinski definition) is 13. The summed E-state index contributed by atoms with van der Waals surface area (Å²) in [5.74, 6) is 0.201. The van der Waals surface area contributed by atoms with E-state index in [1.165, 1.54) is 19.5 Å². The molecule has 0 radical (unpaired) electrons. The van der Waals surface area contributed by atoms with Crippen LogP contribution >= 0.6 is 17.2 Å². The number of aldehydes is 1. The van der Waals surface area contributed by atoms with E-state index in [0.717, 1.165) is 22.3 Å². The summed E-state index contributed by atoms with van der Waals surface area (Å²) >= 11 is 0. The summed E-state index contributed by atoms with van der Waals surface area (Å²) in [6, 6.07) is 17.9. The first kappa shape index (κ1) is 41.5. The van der Waals surface area contributed by atoms with Crippen molar-refractivity contribution in [3.05, 3.63) is 106 Å². The van der Waals surface area contributed by atoms with Crippen molar-refractivity contribution in [1.82, 2.24) is 9.97 Å². The fraction of sp³-hybridized carbons (Fsp3) is 0.375. The molecule has 3 atom stereocenters. The maximum absolute atomic E-state index is 13.5. The number of aromatic nitrogens is 2. The molecule has 1 aliphatic rings. The predicted octanol–water partition coefficient (Wildman–Crippen LogP) is 8.96. The zero-order valence-electron chi connectivity index (χ0n) is 32.4. The van der Waals surface area contributed by atoms with E-state index >= 15 is 0 Å². The molecule has 3 unspecified atom stereocenters. The molecule has 0 saturated carbocycles. The smallest absolute Gasteiger partial charge is 0.463 e. The second-order valence-corrected chi connectivity index (χ2v) is 17.1. The lowest BCUT2D eigenvalue weighted by molar-refractivity contribution is -0.146. The number of carbonyl (C=O) groups excluding carboxylic acids is 3. The van der Waals surface area contributed by atoms with Crippen molar-refractivity contribution in [1.29, 1.82) is 0 Å². The molecule has 2 aromatic heterocycles. The highest BCUT2D eigenvalue weighted by atomic mass is 31.2. The monoisotopic (exact) mass is 792 g/mol. The van der Waals surface area contributed by atoms with Crippen LogP contribution in [0.3, 0.4) is 0 Å². The van der Waals surface area contributed by atoms with Gasteiger partial charge in [0.1, 0.15) is 23.7 Å². The van der Waals surface area contributed by atoms with E-state index in [1.807, 2.05) is 78.8 Å². The van der Waals surface area contributed by atoms with E-state index in [0.29, 0.717) is 17.8 Å². The third kappa shape index (κ3) is 9.96. The summed E-state index contributed by atoms with van der Waals surface area (Å²) in [5, 5.41) is 0. The molecular weight excluding hydrogens is 746 g/mol. The molecule has 0 N–H and O–H groups in total. The van der Waals surface area contributed by atoms with Gasteiger partial charge in [-0.05, 0) is 58.4 Å². The fourth-order valence-corrected chi connectivity index (χ4v) is 7.53. The lowest BCUT2D eigenvalue weighted by atomic mass is 9.70. The van der Waals surface area contributed by atoms with Gasteiger partial charge in [0.2, 0.25) is 11.8 Å². The van der Waals surface area contributed by atoms with Crippen LogP contribution in [0.5, 0.6) is 23.3 Å². The number of pyridine rings is 2. The van der Waals surface area contributed by atoms with Crippen LogP contribution in [-0.4, -0.2) is 55.6 Å². The molecule has 0 spiro atoms. The van der Waals surface area contributed by atoms with Gasteiger partial charge in [0, 0.05) is 43.2 Å². The second-order valence-electron chi connectivity index (χ2n) is 14.9. The highest BCUT2D eigenvalue weighted by molar-refractivity contribution is 7.43. The van der Waals surface area contributed by atoms with Gasteiger partial charge < -0.3 is 32.1 Å². The van der Waals surface area contributed by atoms with E-state index < -0.39 is 45.4 Å². The maximum atomic E-state index is 13.5. The molecule has 5 rings (SSSR count). The van der Waals surface area contributed by atoms with Gasteiger partial charge >= 0.3 is 29.1 Å². The lowest BCUT2D eigenvalue weighted by Gasteiger charge is -2.34. The summed E-state index contributed by atoms with van der Waals surface area (Å²) in [4.78, 5) is 46.2. The van der Waals surface area contributed by atoms with Gasteiger partial charge in [-0.25, -0.2) is 14.8 Å². The number of nitrogens with zero attached hydrogens (tertiary/aromatic N) is 2. The standard InChI is InChI=1S/C40H46N2O11P2/c1-38(2,3)30-22-27(14-16-32(30)49-54(47-9)51-35-26(25-43)12-10-18-41-35)40(7,24-34(44)48-21-20-46-8)28-15-17-33(31(23-28)39(4,5)6)50-55-52-36-29(37(45)53-55)13-11-19-42-36/h10-19,22-23,25H,20-21,24H2,1-9H3. The third-order valence-corrected chi connectivity index (χ3v) is 10.7. The van der Waals surface area contributed by atoms with E-state index in [9.17, 15) is 14.4 Å². The van der Waals surface area contributed by atoms with Crippen LogP contribution in [0.4, 0.5) is 0 Å². The Morgan fingerprint density at radius 3 is 2.09 bits per heavy atom. The number of hydrogen-bond donors (Lipinski definition) is 0.